The van der Waals surface area contributed by atoms with Gasteiger partial charge in [-0.15, -0.1) is 0 Å². The maximum absolute atomic E-state index is 12.5. The number of ketones is 1. The van der Waals surface area contributed by atoms with Crippen molar-refractivity contribution < 1.29 is 9.53 Å². The number of carbonyl (C=O) groups is 1. The van der Waals surface area contributed by atoms with Crippen LogP contribution in [-0.4, -0.2) is 23.9 Å². The fourth-order valence-corrected chi connectivity index (χ4v) is 4.01. The van der Waals surface area contributed by atoms with Gasteiger partial charge in [0.25, 0.3) is 0 Å². The van der Waals surface area contributed by atoms with E-state index in [1.54, 1.807) is 7.11 Å². The summed E-state index contributed by atoms with van der Waals surface area (Å²) in [6.45, 7) is 4.29. The lowest BCUT2D eigenvalue weighted by Crippen LogP contribution is -2.13. The first kappa shape index (κ1) is 16.4. The number of ether oxygens (including phenoxy) is 1. The molecule has 0 amide bonds. The zero-order chi connectivity index (χ0) is 15.2. The Morgan fingerprint density at radius 1 is 1.29 bits per heavy atom. The molecule has 0 saturated heterocycles. The van der Waals surface area contributed by atoms with Gasteiger partial charge in [-0.05, 0) is 36.5 Å². The number of hydrogen-bond donors (Lipinski definition) is 0. The van der Waals surface area contributed by atoms with Gasteiger partial charge in [0.2, 0.25) is 0 Å². The van der Waals surface area contributed by atoms with E-state index in [0.717, 1.165) is 5.56 Å². The smallest absolute Gasteiger partial charge is 0.176 e. The van der Waals surface area contributed by atoms with E-state index in [0.29, 0.717) is 22.7 Å². The van der Waals surface area contributed by atoms with E-state index in [1.165, 1.54) is 37.7 Å². The van der Waals surface area contributed by atoms with Gasteiger partial charge in [0, 0.05) is 5.25 Å². The number of benzene rings is 1. The highest BCUT2D eigenvalue weighted by atomic mass is 32.2. The van der Waals surface area contributed by atoms with Crippen LogP contribution in [0.5, 0.6) is 5.75 Å². The third-order valence-electron chi connectivity index (χ3n) is 4.19. The summed E-state index contributed by atoms with van der Waals surface area (Å²) in [5.41, 5.74) is 1.94. The standard InChI is InChI=1S/C18H26O2S/c1-13(2)14-9-10-18(20-3)16(11-14)17(19)12-21-15-7-5-4-6-8-15/h9-11,13,15H,4-8,12H2,1-3H3. The molecule has 1 aliphatic carbocycles. The summed E-state index contributed by atoms with van der Waals surface area (Å²) in [4.78, 5) is 12.5. The lowest BCUT2D eigenvalue weighted by atomic mass is 9.99. The molecule has 1 aromatic rings. The lowest BCUT2D eigenvalue weighted by Gasteiger charge is -2.20. The summed E-state index contributed by atoms with van der Waals surface area (Å²) < 4.78 is 5.36. The minimum absolute atomic E-state index is 0.199. The maximum atomic E-state index is 12.5. The van der Waals surface area contributed by atoms with Gasteiger partial charge in [-0.1, -0.05) is 39.2 Å². The van der Waals surface area contributed by atoms with E-state index in [2.05, 4.69) is 19.9 Å². The van der Waals surface area contributed by atoms with E-state index < -0.39 is 0 Å². The molecular weight excluding hydrogens is 280 g/mol. The van der Waals surface area contributed by atoms with Gasteiger partial charge in [0.05, 0.1) is 18.4 Å². The molecule has 0 aliphatic heterocycles. The molecular formula is C18H26O2S. The lowest BCUT2D eigenvalue weighted by molar-refractivity contribution is 0.101. The first-order chi connectivity index (χ1) is 10.1. The molecule has 2 rings (SSSR count). The average Bonchev–Trinajstić information content (AvgIpc) is 2.52. The molecule has 116 valence electrons. The van der Waals surface area contributed by atoms with Crippen LogP contribution in [0.2, 0.25) is 0 Å². The molecule has 0 heterocycles. The van der Waals surface area contributed by atoms with E-state index >= 15 is 0 Å². The molecule has 1 saturated carbocycles. The van der Waals surface area contributed by atoms with Crippen molar-refractivity contribution in [2.45, 2.75) is 57.1 Å². The molecule has 1 aromatic carbocycles. The molecule has 0 atom stereocenters. The maximum Gasteiger partial charge on any atom is 0.176 e. The molecule has 1 fully saturated rings. The summed E-state index contributed by atoms with van der Waals surface area (Å²) in [5, 5.41) is 0.668. The summed E-state index contributed by atoms with van der Waals surface area (Å²) in [6.07, 6.45) is 6.52. The Morgan fingerprint density at radius 2 is 2.00 bits per heavy atom. The molecule has 3 heteroatoms. The monoisotopic (exact) mass is 306 g/mol. The molecule has 0 bridgehead atoms. The number of carbonyl (C=O) groups excluding carboxylic acids is 1. The van der Waals surface area contributed by atoms with Crippen LogP contribution >= 0.6 is 11.8 Å². The second kappa shape index (κ2) is 7.88. The Kier molecular flexibility index (Phi) is 6.16. The third kappa shape index (κ3) is 4.50. The van der Waals surface area contributed by atoms with Crippen molar-refractivity contribution >= 4 is 17.5 Å². The fraction of sp³-hybridized carbons (Fsp3) is 0.611. The molecule has 0 unspecified atom stereocenters. The van der Waals surface area contributed by atoms with E-state index in [1.807, 2.05) is 23.9 Å². The SMILES string of the molecule is COc1ccc(C(C)C)cc1C(=O)CSC1CCCCC1. The quantitative estimate of drug-likeness (QED) is 0.687. The summed E-state index contributed by atoms with van der Waals surface area (Å²) in [6, 6.07) is 5.98. The molecule has 1 aliphatic rings. The second-order valence-corrected chi connectivity index (χ2v) is 7.40. The van der Waals surface area contributed by atoms with Crippen molar-refractivity contribution in [1.29, 1.82) is 0 Å². The number of thioether (sulfide) groups is 1. The number of methoxy groups -OCH3 is 1. The van der Waals surface area contributed by atoms with Crippen molar-refractivity contribution in [2.24, 2.45) is 0 Å². The topological polar surface area (TPSA) is 26.3 Å². The summed E-state index contributed by atoms with van der Waals surface area (Å²) >= 11 is 1.83. The Bertz CT molecular complexity index is 476. The van der Waals surface area contributed by atoms with Crippen LogP contribution in [0.1, 0.15) is 67.8 Å². The van der Waals surface area contributed by atoms with Crippen LogP contribution in [0.25, 0.3) is 0 Å². The minimum Gasteiger partial charge on any atom is -0.496 e. The predicted molar refractivity (Wildman–Crippen MR) is 90.7 cm³/mol. The van der Waals surface area contributed by atoms with Crippen LogP contribution in [-0.2, 0) is 0 Å². The third-order valence-corrected chi connectivity index (χ3v) is 5.56. The second-order valence-electron chi connectivity index (χ2n) is 6.11. The van der Waals surface area contributed by atoms with Gasteiger partial charge >= 0.3 is 0 Å². The fourth-order valence-electron chi connectivity index (χ4n) is 2.81. The molecule has 21 heavy (non-hydrogen) atoms. The number of hydrogen-bond acceptors (Lipinski definition) is 3. The average molecular weight is 306 g/mol. The largest absolute Gasteiger partial charge is 0.496 e. The Morgan fingerprint density at radius 3 is 2.62 bits per heavy atom. The zero-order valence-corrected chi connectivity index (χ0v) is 14.2. The van der Waals surface area contributed by atoms with Crippen LogP contribution < -0.4 is 4.74 Å². The highest BCUT2D eigenvalue weighted by Crippen LogP contribution is 2.30. The van der Waals surface area contributed by atoms with Gasteiger partial charge in [-0.25, -0.2) is 0 Å². The van der Waals surface area contributed by atoms with Gasteiger partial charge in [0.1, 0.15) is 5.75 Å². The Hall–Kier alpha value is -0.960. The van der Waals surface area contributed by atoms with Crippen molar-refractivity contribution in [1.82, 2.24) is 0 Å². The van der Waals surface area contributed by atoms with Crippen LogP contribution in [0.15, 0.2) is 18.2 Å². The first-order valence-electron chi connectivity index (χ1n) is 7.94. The van der Waals surface area contributed by atoms with Crippen LogP contribution in [0.3, 0.4) is 0 Å². The molecule has 0 spiro atoms. The zero-order valence-electron chi connectivity index (χ0n) is 13.4. The summed E-state index contributed by atoms with van der Waals surface area (Å²) in [7, 11) is 1.63. The molecule has 0 aromatic heterocycles. The molecule has 0 radical (unpaired) electrons. The highest BCUT2D eigenvalue weighted by molar-refractivity contribution is 8.00. The van der Waals surface area contributed by atoms with Gasteiger partial charge in [-0.3, -0.25) is 4.79 Å². The summed E-state index contributed by atoms with van der Waals surface area (Å²) in [5.74, 6) is 1.90. The van der Waals surface area contributed by atoms with E-state index in [4.69, 9.17) is 4.74 Å². The number of Topliss-reactive ketones (excluding diaryl/α,β-unsaturated/α-hetero) is 1. The van der Waals surface area contributed by atoms with Gasteiger partial charge in [-0.2, -0.15) is 11.8 Å². The van der Waals surface area contributed by atoms with E-state index in [-0.39, 0.29) is 5.78 Å². The van der Waals surface area contributed by atoms with E-state index in [9.17, 15) is 4.79 Å². The van der Waals surface area contributed by atoms with Crippen LogP contribution in [0, 0.1) is 0 Å². The van der Waals surface area contributed by atoms with Gasteiger partial charge in [0.15, 0.2) is 5.78 Å². The van der Waals surface area contributed by atoms with Crippen molar-refractivity contribution in [3.63, 3.8) is 0 Å². The molecule has 0 N–H and O–H groups in total. The molecule has 2 nitrogen and oxygen atoms in total. The van der Waals surface area contributed by atoms with Crippen molar-refractivity contribution in [3.05, 3.63) is 29.3 Å². The highest BCUT2D eigenvalue weighted by Gasteiger charge is 2.18. The number of rotatable bonds is 6. The minimum atomic E-state index is 0.199. The van der Waals surface area contributed by atoms with Crippen LogP contribution in [0.4, 0.5) is 0 Å². The normalized spacial score (nSPS) is 16.2. The van der Waals surface area contributed by atoms with Crippen molar-refractivity contribution in [3.8, 4) is 5.75 Å². The predicted octanol–water partition coefficient (Wildman–Crippen LogP) is 5.07. The Labute approximate surface area is 132 Å². The first-order valence-corrected chi connectivity index (χ1v) is 8.99. The van der Waals surface area contributed by atoms with Gasteiger partial charge < -0.3 is 4.74 Å². The van der Waals surface area contributed by atoms with Crippen molar-refractivity contribution in [2.75, 3.05) is 12.9 Å². The Balaban J connectivity index is 2.04.